The fourth-order valence-corrected chi connectivity index (χ4v) is 2.21. The lowest BCUT2D eigenvalue weighted by Gasteiger charge is -2.07. The van der Waals surface area contributed by atoms with Gasteiger partial charge in [-0.15, -0.1) is 0 Å². The number of rotatable bonds is 3. The van der Waals surface area contributed by atoms with Gasteiger partial charge in [0.1, 0.15) is 11.4 Å². The number of benzene rings is 1. The fourth-order valence-electron chi connectivity index (χ4n) is 2.03. The first-order chi connectivity index (χ1) is 10.6. The number of furan rings is 1. The molecule has 1 aromatic carbocycles. The highest BCUT2D eigenvalue weighted by atomic mass is 35.5. The summed E-state index contributed by atoms with van der Waals surface area (Å²) in [6.07, 6.45) is 2.96. The lowest BCUT2D eigenvalue weighted by atomic mass is 10.2. The number of anilines is 1. The van der Waals surface area contributed by atoms with E-state index in [1.165, 1.54) is 12.5 Å². The molecular weight excluding hydrogens is 306 g/mol. The van der Waals surface area contributed by atoms with Crippen molar-refractivity contribution in [2.45, 2.75) is 6.54 Å². The molecule has 2 amide bonds. The zero-order valence-electron chi connectivity index (χ0n) is 11.4. The van der Waals surface area contributed by atoms with Gasteiger partial charge in [0, 0.05) is 16.6 Å². The number of fused-ring (bicyclic) bond motifs is 1. The van der Waals surface area contributed by atoms with E-state index in [9.17, 15) is 9.59 Å². The maximum absolute atomic E-state index is 12.3. The molecule has 0 unspecified atom stereocenters. The van der Waals surface area contributed by atoms with Gasteiger partial charge in [-0.1, -0.05) is 11.6 Å². The molecule has 0 saturated heterocycles. The summed E-state index contributed by atoms with van der Waals surface area (Å²) in [7, 11) is 0. The third-order valence-electron chi connectivity index (χ3n) is 3.09. The number of H-pyrrole nitrogens is 1. The van der Waals surface area contributed by atoms with Crippen LogP contribution in [0.3, 0.4) is 0 Å². The predicted molar refractivity (Wildman–Crippen MR) is 84.1 cm³/mol. The Morgan fingerprint density at radius 2 is 2.18 bits per heavy atom. The van der Waals surface area contributed by atoms with Crippen LogP contribution in [-0.2, 0) is 6.54 Å². The first-order valence-corrected chi connectivity index (χ1v) is 6.89. The fraction of sp³-hybridized carbons (Fsp3) is 0.0667. The van der Waals surface area contributed by atoms with Crippen LogP contribution in [0.5, 0.6) is 0 Å². The molecule has 3 N–H and O–H groups in total. The van der Waals surface area contributed by atoms with E-state index < -0.39 is 6.03 Å². The minimum Gasteiger partial charge on any atom is -0.467 e. The van der Waals surface area contributed by atoms with Crippen molar-refractivity contribution in [1.29, 1.82) is 0 Å². The number of urea groups is 1. The molecule has 0 radical (unpaired) electrons. The molecule has 112 valence electrons. The van der Waals surface area contributed by atoms with Gasteiger partial charge in [-0.3, -0.25) is 4.79 Å². The van der Waals surface area contributed by atoms with Gasteiger partial charge >= 0.3 is 6.03 Å². The van der Waals surface area contributed by atoms with Crippen LogP contribution in [0.2, 0.25) is 5.02 Å². The van der Waals surface area contributed by atoms with Crippen molar-refractivity contribution in [3.8, 4) is 0 Å². The number of amides is 2. The molecule has 2 aromatic heterocycles. The molecule has 0 saturated carbocycles. The number of carbonyl (C=O) groups excluding carboxylic acids is 1. The van der Waals surface area contributed by atoms with Crippen molar-refractivity contribution in [2.24, 2.45) is 0 Å². The van der Waals surface area contributed by atoms with Gasteiger partial charge in [0.25, 0.3) is 0 Å². The maximum Gasteiger partial charge on any atom is 0.319 e. The van der Waals surface area contributed by atoms with Crippen LogP contribution < -0.4 is 16.1 Å². The monoisotopic (exact) mass is 317 g/mol. The summed E-state index contributed by atoms with van der Waals surface area (Å²) >= 11 is 5.87. The van der Waals surface area contributed by atoms with Crippen molar-refractivity contribution in [1.82, 2.24) is 10.3 Å². The largest absolute Gasteiger partial charge is 0.467 e. The Kier molecular flexibility index (Phi) is 3.84. The summed E-state index contributed by atoms with van der Waals surface area (Å²) in [4.78, 5) is 27.0. The highest BCUT2D eigenvalue weighted by Crippen LogP contribution is 2.16. The first-order valence-electron chi connectivity index (χ1n) is 6.51. The maximum atomic E-state index is 12.3. The van der Waals surface area contributed by atoms with Gasteiger partial charge in [0.05, 0.1) is 18.3 Å². The number of nitrogens with one attached hydrogen (secondary N) is 3. The second-order valence-corrected chi connectivity index (χ2v) is 5.04. The molecule has 0 aliphatic heterocycles. The molecule has 7 heteroatoms. The van der Waals surface area contributed by atoms with Gasteiger partial charge < -0.3 is 20.0 Å². The zero-order valence-corrected chi connectivity index (χ0v) is 12.1. The Hall–Kier alpha value is -2.73. The van der Waals surface area contributed by atoms with Gasteiger partial charge in [0.15, 0.2) is 0 Å². The number of aromatic amines is 1. The Morgan fingerprint density at radius 1 is 1.32 bits per heavy atom. The molecule has 3 aromatic rings. The minimum atomic E-state index is -0.491. The quantitative estimate of drug-likeness (QED) is 0.693. The smallest absolute Gasteiger partial charge is 0.319 e. The average molecular weight is 318 g/mol. The highest BCUT2D eigenvalue weighted by molar-refractivity contribution is 6.31. The van der Waals surface area contributed by atoms with E-state index in [2.05, 4.69) is 15.6 Å². The van der Waals surface area contributed by atoms with E-state index in [1.54, 1.807) is 30.3 Å². The van der Waals surface area contributed by atoms with Gasteiger partial charge in [-0.25, -0.2) is 4.79 Å². The van der Waals surface area contributed by atoms with E-state index in [-0.39, 0.29) is 17.7 Å². The lowest BCUT2D eigenvalue weighted by molar-refractivity contribution is 0.251. The lowest BCUT2D eigenvalue weighted by Crippen LogP contribution is -2.30. The van der Waals surface area contributed by atoms with E-state index in [0.717, 1.165) is 0 Å². The van der Waals surface area contributed by atoms with Crippen LogP contribution in [0.25, 0.3) is 10.9 Å². The number of carbonyl (C=O) groups is 1. The van der Waals surface area contributed by atoms with Crippen molar-refractivity contribution in [2.75, 3.05) is 5.32 Å². The second-order valence-electron chi connectivity index (χ2n) is 4.61. The van der Waals surface area contributed by atoms with E-state index in [0.29, 0.717) is 21.7 Å². The van der Waals surface area contributed by atoms with Crippen molar-refractivity contribution < 1.29 is 9.21 Å². The Labute approximate surface area is 130 Å². The van der Waals surface area contributed by atoms with E-state index >= 15 is 0 Å². The third-order valence-corrected chi connectivity index (χ3v) is 3.33. The molecule has 2 heterocycles. The van der Waals surface area contributed by atoms with E-state index in [1.807, 2.05) is 0 Å². The predicted octanol–water partition coefficient (Wildman–Crippen LogP) is 3.10. The van der Waals surface area contributed by atoms with Crippen molar-refractivity contribution >= 4 is 34.2 Å². The molecule has 0 fully saturated rings. The number of halogens is 1. The molecule has 0 atom stereocenters. The normalized spacial score (nSPS) is 10.6. The van der Waals surface area contributed by atoms with Gasteiger partial charge in [0.2, 0.25) is 5.43 Å². The zero-order chi connectivity index (χ0) is 15.5. The number of hydrogen-bond donors (Lipinski definition) is 3. The standard InChI is InChI=1S/C15H12ClN3O3/c16-9-3-4-11-12(6-9)17-8-13(14(11)20)19-15(21)18-7-10-2-1-5-22-10/h1-6,8H,7H2,(H,17,20)(H2,18,19,21). The SMILES string of the molecule is O=C(NCc1ccco1)Nc1c[nH]c2cc(Cl)ccc2c1=O. The molecule has 0 spiro atoms. The number of aromatic nitrogens is 1. The average Bonchev–Trinajstić information content (AvgIpc) is 3.01. The molecule has 6 nitrogen and oxygen atoms in total. The summed E-state index contributed by atoms with van der Waals surface area (Å²) < 4.78 is 5.10. The van der Waals surface area contributed by atoms with Crippen LogP contribution >= 0.6 is 11.6 Å². The summed E-state index contributed by atoms with van der Waals surface area (Å²) in [5.41, 5.74) is 0.490. The first kappa shape index (κ1) is 14.2. The van der Waals surface area contributed by atoms with Gasteiger partial charge in [-0.05, 0) is 30.3 Å². The molecule has 0 aliphatic carbocycles. The molecule has 0 aliphatic rings. The third kappa shape index (κ3) is 2.96. The molecule has 3 rings (SSSR count). The van der Waals surface area contributed by atoms with Crippen LogP contribution in [0.4, 0.5) is 10.5 Å². The summed E-state index contributed by atoms with van der Waals surface area (Å²) in [5, 5.41) is 6.09. The Morgan fingerprint density at radius 3 is 2.95 bits per heavy atom. The Bertz CT molecular complexity index is 871. The molecule has 0 bridgehead atoms. The van der Waals surface area contributed by atoms with Crippen LogP contribution in [0, 0.1) is 0 Å². The summed E-state index contributed by atoms with van der Waals surface area (Å²) in [5.74, 6) is 0.622. The summed E-state index contributed by atoms with van der Waals surface area (Å²) in [6.45, 7) is 0.236. The highest BCUT2D eigenvalue weighted by Gasteiger charge is 2.09. The van der Waals surface area contributed by atoms with Crippen molar-refractivity contribution in [3.63, 3.8) is 0 Å². The molecular formula is C15H12ClN3O3. The molecule has 22 heavy (non-hydrogen) atoms. The number of pyridine rings is 1. The Balaban J connectivity index is 1.76. The topological polar surface area (TPSA) is 87.1 Å². The van der Waals surface area contributed by atoms with E-state index in [4.69, 9.17) is 16.0 Å². The van der Waals surface area contributed by atoms with Crippen LogP contribution in [0.1, 0.15) is 5.76 Å². The number of hydrogen-bond acceptors (Lipinski definition) is 3. The summed E-state index contributed by atoms with van der Waals surface area (Å²) in [6, 6.07) is 7.87. The van der Waals surface area contributed by atoms with Gasteiger partial charge in [-0.2, -0.15) is 0 Å². The van der Waals surface area contributed by atoms with Crippen LogP contribution in [0.15, 0.2) is 52.0 Å². The second kappa shape index (κ2) is 5.95. The minimum absolute atomic E-state index is 0.159. The van der Waals surface area contributed by atoms with Crippen molar-refractivity contribution in [3.05, 3.63) is 63.8 Å². The van der Waals surface area contributed by atoms with Crippen LogP contribution in [-0.4, -0.2) is 11.0 Å².